The molecular formula is C9H9BrN2O4. The molecule has 86 valence electrons. The lowest BCUT2D eigenvalue weighted by Gasteiger charge is -2.08. The number of carbonyl (C=O) groups is 2. The summed E-state index contributed by atoms with van der Waals surface area (Å²) in [7, 11) is 0. The summed E-state index contributed by atoms with van der Waals surface area (Å²) in [6.45, 7) is -0.352. The van der Waals surface area contributed by atoms with Crippen LogP contribution >= 0.6 is 15.9 Å². The molecule has 0 saturated carbocycles. The highest BCUT2D eigenvalue weighted by atomic mass is 79.9. The molecule has 7 heteroatoms. The summed E-state index contributed by atoms with van der Waals surface area (Å²) in [6, 6.07) is 3.10. The maximum atomic E-state index is 11.5. The molecule has 1 aromatic rings. The van der Waals surface area contributed by atoms with E-state index in [9.17, 15) is 9.59 Å². The maximum absolute atomic E-state index is 11.5. The highest BCUT2D eigenvalue weighted by Gasteiger charge is 2.16. The number of aromatic nitrogens is 1. The van der Waals surface area contributed by atoms with Gasteiger partial charge in [-0.2, -0.15) is 0 Å². The number of hydrogen-bond acceptors (Lipinski definition) is 4. The van der Waals surface area contributed by atoms with Crippen LogP contribution in [0.2, 0.25) is 0 Å². The molecule has 6 nitrogen and oxygen atoms in total. The minimum atomic E-state index is -1.61. The standard InChI is InChI=1S/C9H9BrN2O4/c10-7-5(2-1-3-11-7)8(14)12-4-6(13)9(15)16/h1-3,6,13H,4H2,(H,12,14)(H,15,16). The van der Waals surface area contributed by atoms with E-state index in [0.29, 0.717) is 4.60 Å². The zero-order chi connectivity index (χ0) is 12.1. The molecule has 0 fully saturated rings. The van der Waals surface area contributed by atoms with Gasteiger partial charge in [0, 0.05) is 6.20 Å². The fourth-order valence-corrected chi connectivity index (χ4v) is 1.36. The van der Waals surface area contributed by atoms with Crippen molar-refractivity contribution in [1.82, 2.24) is 10.3 Å². The van der Waals surface area contributed by atoms with E-state index in [0.717, 1.165) is 0 Å². The molecule has 0 saturated heterocycles. The molecular weight excluding hydrogens is 280 g/mol. The van der Waals surface area contributed by atoms with E-state index in [4.69, 9.17) is 10.2 Å². The molecule has 1 amide bonds. The Balaban J connectivity index is 2.60. The van der Waals surface area contributed by atoms with Gasteiger partial charge in [0.25, 0.3) is 5.91 Å². The van der Waals surface area contributed by atoms with Crippen LogP contribution in [0.15, 0.2) is 22.9 Å². The first-order valence-corrected chi connectivity index (χ1v) is 5.11. The molecule has 0 radical (unpaired) electrons. The summed E-state index contributed by atoms with van der Waals surface area (Å²) in [5, 5.41) is 19.6. The minimum absolute atomic E-state index is 0.278. The number of rotatable bonds is 4. The topological polar surface area (TPSA) is 99.5 Å². The number of carboxylic acid groups (broad SMARTS) is 1. The fourth-order valence-electron chi connectivity index (χ4n) is 0.927. The molecule has 0 spiro atoms. The Morgan fingerprint density at radius 1 is 1.56 bits per heavy atom. The van der Waals surface area contributed by atoms with Gasteiger partial charge in [0.1, 0.15) is 4.60 Å². The highest BCUT2D eigenvalue weighted by Crippen LogP contribution is 2.11. The van der Waals surface area contributed by atoms with E-state index in [1.165, 1.54) is 12.3 Å². The first-order valence-electron chi connectivity index (χ1n) is 4.32. The van der Waals surface area contributed by atoms with Gasteiger partial charge in [-0.15, -0.1) is 0 Å². The van der Waals surface area contributed by atoms with E-state index < -0.39 is 18.0 Å². The number of amides is 1. The Labute approximate surface area is 99.4 Å². The van der Waals surface area contributed by atoms with E-state index in [-0.39, 0.29) is 12.1 Å². The summed E-state index contributed by atoms with van der Waals surface area (Å²) in [5.41, 5.74) is 0.278. The molecule has 16 heavy (non-hydrogen) atoms. The van der Waals surface area contributed by atoms with Gasteiger partial charge in [0.15, 0.2) is 6.10 Å². The van der Waals surface area contributed by atoms with Crippen molar-refractivity contribution in [2.24, 2.45) is 0 Å². The van der Waals surface area contributed by atoms with Gasteiger partial charge in [-0.05, 0) is 28.1 Å². The molecule has 3 N–H and O–H groups in total. The van der Waals surface area contributed by atoms with Crippen LogP contribution in [0.5, 0.6) is 0 Å². The van der Waals surface area contributed by atoms with E-state index >= 15 is 0 Å². The second-order valence-electron chi connectivity index (χ2n) is 2.91. The lowest BCUT2D eigenvalue weighted by Crippen LogP contribution is -2.36. The van der Waals surface area contributed by atoms with Crippen LogP contribution in [0.1, 0.15) is 10.4 Å². The second-order valence-corrected chi connectivity index (χ2v) is 3.66. The first kappa shape index (κ1) is 12.6. The van der Waals surface area contributed by atoms with E-state index in [2.05, 4.69) is 26.2 Å². The van der Waals surface area contributed by atoms with Crippen molar-refractivity contribution in [2.45, 2.75) is 6.10 Å². The number of carbonyl (C=O) groups excluding carboxylic acids is 1. The van der Waals surface area contributed by atoms with Crippen molar-refractivity contribution >= 4 is 27.8 Å². The number of aliphatic carboxylic acids is 1. The molecule has 1 heterocycles. The van der Waals surface area contributed by atoms with Gasteiger partial charge < -0.3 is 15.5 Å². The lowest BCUT2D eigenvalue weighted by atomic mass is 10.2. The normalized spacial score (nSPS) is 11.9. The summed E-state index contributed by atoms with van der Waals surface area (Å²) < 4.78 is 0.359. The summed E-state index contributed by atoms with van der Waals surface area (Å²) in [4.78, 5) is 25.6. The predicted molar refractivity (Wildman–Crippen MR) is 57.9 cm³/mol. The van der Waals surface area contributed by atoms with Crippen molar-refractivity contribution in [3.8, 4) is 0 Å². The van der Waals surface area contributed by atoms with Crippen LogP contribution in [-0.4, -0.2) is 39.7 Å². The van der Waals surface area contributed by atoms with Crippen LogP contribution in [0.25, 0.3) is 0 Å². The molecule has 0 aliphatic heterocycles. The Kier molecular flexibility index (Phi) is 4.39. The van der Waals surface area contributed by atoms with Crippen LogP contribution in [0, 0.1) is 0 Å². The number of pyridine rings is 1. The number of carboxylic acids is 1. The molecule has 0 bridgehead atoms. The van der Waals surface area contributed by atoms with Crippen molar-refractivity contribution < 1.29 is 19.8 Å². The quantitative estimate of drug-likeness (QED) is 0.679. The predicted octanol–water partition coefficient (Wildman–Crippen LogP) is 0.0194. The molecule has 1 unspecified atom stereocenters. The number of hydrogen-bond donors (Lipinski definition) is 3. The van der Waals surface area contributed by atoms with Gasteiger partial charge in [-0.3, -0.25) is 4.79 Å². The third kappa shape index (κ3) is 3.28. The SMILES string of the molecule is O=C(NCC(O)C(=O)O)c1cccnc1Br. The molecule has 0 aliphatic rings. The molecule has 1 aromatic heterocycles. The summed E-state index contributed by atoms with van der Waals surface area (Å²) in [5.74, 6) is -1.88. The average molecular weight is 289 g/mol. The number of nitrogens with zero attached hydrogens (tertiary/aromatic N) is 1. The average Bonchev–Trinajstić information content (AvgIpc) is 2.25. The fraction of sp³-hybridized carbons (Fsp3) is 0.222. The third-order valence-corrected chi connectivity index (χ3v) is 2.38. The number of halogens is 1. The minimum Gasteiger partial charge on any atom is -0.479 e. The van der Waals surface area contributed by atoms with Crippen molar-refractivity contribution in [2.75, 3.05) is 6.54 Å². The first-order chi connectivity index (χ1) is 7.52. The summed E-state index contributed by atoms with van der Waals surface area (Å²) >= 11 is 3.08. The van der Waals surface area contributed by atoms with Crippen LogP contribution in [0.4, 0.5) is 0 Å². The van der Waals surface area contributed by atoms with E-state index in [1.54, 1.807) is 6.07 Å². The van der Waals surface area contributed by atoms with Gasteiger partial charge in [-0.25, -0.2) is 9.78 Å². The lowest BCUT2D eigenvalue weighted by molar-refractivity contribution is -0.146. The van der Waals surface area contributed by atoms with Crippen molar-refractivity contribution in [3.05, 3.63) is 28.5 Å². The van der Waals surface area contributed by atoms with Crippen LogP contribution < -0.4 is 5.32 Å². The maximum Gasteiger partial charge on any atom is 0.334 e. The molecule has 1 rings (SSSR count). The van der Waals surface area contributed by atoms with Crippen molar-refractivity contribution in [3.63, 3.8) is 0 Å². The zero-order valence-electron chi connectivity index (χ0n) is 8.05. The molecule has 0 aliphatic carbocycles. The van der Waals surface area contributed by atoms with Gasteiger partial charge in [0.05, 0.1) is 12.1 Å². The Hall–Kier alpha value is -1.47. The zero-order valence-corrected chi connectivity index (χ0v) is 9.64. The molecule has 1 atom stereocenters. The van der Waals surface area contributed by atoms with Crippen molar-refractivity contribution in [1.29, 1.82) is 0 Å². The number of aliphatic hydroxyl groups is 1. The Bertz CT molecular complexity index is 410. The second kappa shape index (κ2) is 5.57. The number of nitrogens with one attached hydrogen (secondary N) is 1. The van der Waals surface area contributed by atoms with Crippen LogP contribution in [-0.2, 0) is 4.79 Å². The van der Waals surface area contributed by atoms with Gasteiger partial charge in [-0.1, -0.05) is 0 Å². The Morgan fingerprint density at radius 2 is 2.25 bits per heavy atom. The monoisotopic (exact) mass is 288 g/mol. The van der Waals surface area contributed by atoms with E-state index in [1.807, 2.05) is 0 Å². The van der Waals surface area contributed by atoms with Gasteiger partial charge in [0.2, 0.25) is 0 Å². The third-order valence-electron chi connectivity index (χ3n) is 1.74. The van der Waals surface area contributed by atoms with Crippen LogP contribution in [0.3, 0.4) is 0 Å². The summed E-state index contributed by atoms with van der Waals surface area (Å²) in [6.07, 6.45) is -0.105. The number of aliphatic hydroxyl groups excluding tert-OH is 1. The Morgan fingerprint density at radius 3 is 2.81 bits per heavy atom. The molecule has 0 aromatic carbocycles. The smallest absolute Gasteiger partial charge is 0.334 e. The highest BCUT2D eigenvalue weighted by molar-refractivity contribution is 9.10. The van der Waals surface area contributed by atoms with Gasteiger partial charge >= 0.3 is 5.97 Å². The largest absolute Gasteiger partial charge is 0.479 e.